The largest absolute Gasteiger partial charge is 0.309 e. The van der Waals surface area contributed by atoms with Crippen molar-refractivity contribution in [3.05, 3.63) is 211 Å². The molecule has 9 aromatic carbocycles. The minimum absolute atomic E-state index is 0.102. The van der Waals surface area contributed by atoms with Gasteiger partial charge in [0.05, 0.1) is 22.1 Å². The van der Waals surface area contributed by atoms with Gasteiger partial charge in [-0.3, -0.25) is 4.57 Å². The van der Waals surface area contributed by atoms with Crippen molar-refractivity contribution in [2.24, 2.45) is 5.92 Å². The summed E-state index contributed by atoms with van der Waals surface area (Å²) in [6.45, 7) is 12.1. The minimum Gasteiger partial charge on any atom is -0.309 e. The van der Waals surface area contributed by atoms with Gasteiger partial charge in [-0.2, -0.15) is 9.97 Å². The van der Waals surface area contributed by atoms with Gasteiger partial charge >= 0.3 is 0 Å². The molecule has 1 atom stereocenters. The maximum absolute atomic E-state index is 5.30. The summed E-state index contributed by atoms with van der Waals surface area (Å²) in [6, 6.07) is 72.5. The zero-order valence-electron chi connectivity index (χ0n) is 39.6. The summed E-state index contributed by atoms with van der Waals surface area (Å²) in [6.07, 6.45) is 1.19. The first-order chi connectivity index (χ1) is 33.6. The molecule has 0 amide bonds. The van der Waals surface area contributed by atoms with Crippen molar-refractivity contribution in [1.29, 1.82) is 0 Å². The van der Waals surface area contributed by atoms with Crippen LogP contribution in [0.3, 0.4) is 0 Å². The van der Waals surface area contributed by atoms with E-state index in [1.807, 2.05) is 36.4 Å². The highest BCUT2D eigenvalue weighted by atomic mass is 15.2. The van der Waals surface area contributed by atoms with Gasteiger partial charge in [0.25, 0.3) is 0 Å². The molecule has 0 saturated heterocycles. The van der Waals surface area contributed by atoms with Gasteiger partial charge in [-0.15, -0.1) is 0 Å². The highest BCUT2D eigenvalue weighted by Crippen LogP contribution is 2.50. The topological polar surface area (TPSA) is 48.5 Å². The number of fused-ring (bicyclic) bond motifs is 9. The first-order valence-corrected chi connectivity index (χ1v) is 24.2. The summed E-state index contributed by atoms with van der Waals surface area (Å²) >= 11 is 0. The lowest BCUT2D eigenvalue weighted by Crippen LogP contribution is -2.40. The number of hydrogen-bond acceptors (Lipinski definition) is 3. The Hall–Kier alpha value is -8.15. The molecular formula is C64H51N5. The molecule has 1 unspecified atom stereocenters. The van der Waals surface area contributed by atoms with Gasteiger partial charge in [-0.25, -0.2) is 4.98 Å². The van der Waals surface area contributed by atoms with Crippen LogP contribution in [0.1, 0.15) is 52.2 Å². The number of rotatable bonds is 6. The normalized spacial score (nSPS) is 15.3. The van der Waals surface area contributed by atoms with Crippen molar-refractivity contribution in [3.63, 3.8) is 0 Å². The van der Waals surface area contributed by atoms with E-state index in [0.29, 0.717) is 23.5 Å². The van der Waals surface area contributed by atoms with Crippen LogP contribution in [-0.2, 0) is 10.8 Å². The Morgan fingerprint density at radius 3 is 1.72 bits per heavy atom. The molecule has 3 heterocycles. The maximum Gasteiger partial charge on any atom is 0.238 e. The van der Waals surface area contributed by atoms with Crippen LogP contribution in [0.25, 0.3) is 111 Å². The number of benzene rings is 9. The van der Waals surface area contributed by atoms with E-state index < -0.39 is 0 Å². The lowest BCUT2D eigenvalue weighted by Gasteiger charge is -2.46. The Morgan fingerprint density at radius 1 is 0.406 bits per heavy atom. The standard InChI is InChI=1S/C64H51N5/c1-40-39-63(2,3)53-32-30-47(36-54(53)64(40,4)5)45-24-16-23-44(34-45)46-25-17-26-48(35-46)68-55-29-15-14-28-50(55)51-37-52-58(38-57(51)68)69(56-33-31-41-18-12-13-27-49(41)59(52)56)62-66-60(42-19-8-6-9-20-42)65-61(67-62)43-21-10-7-11-22-43/h6-38,40H,39H2,1-5H3. The number of hydrogen-bond donors (Lipinski definition) is 0. The van der Waals surface area contributed by atoms with Crippen molar-refractivity contribution in [1.82, 2.24) is 24.1 Å². The summed E-state index contributed by atoms with van der Waals surface area (Å²) in [5, 5.41) is 7.09. The van der Waals surface area contributed by atoms with Crippen LogP contribution in [0.15, 0.2) is 200 Å². The zero-order valence-corrected chi connectivity index (χ0v) is 39.6. The fraction of sp³-hybridized carbons (Fsp3) is 0.141. The molecular weight excluding hydrogens is 839 g/mol. The molecule has 0 saturated carbocycles. The average molecular weight is 890 g/mol. The zero-order chi connectivity index (χ0) is 46.6. The number of para-hydroxylation sites is 1. The molecule has 13 rings (SSSR count). The molecule has 0 N–H and O–H groups in total. The van der Waals surface area contributed by atoms with Crippen LogP contribution in [0, 0.1) is 5.92 Å². The monoisotopic (exact) mass is 889 g/mol. The third-order valence-electron chi connectivity index (χ3n) is 15.5. The van der Waals surface area contributed by atoms with Crippen molar-refractivity contribution >= 4 is 54.4 Å². The molecule has 1 aliphatic rings. The van der Waals surface area contributed by atoms with E-state index in [2.05, 4.69) is 208 Å². The van der Waals surface area contributed by atoms with E-state index >= 15 is 0 Å². The van der Waals surface area contributed by atoms with E-state index in [0.717, 1.165) is 44.3 Å². The van der Waals surface area contributed by atoms with Crippen LogP contribution in [0.2, 0.25) is 0 Å². The molecule has 0 fully saturated rings. The highest BCUT2D eigenvalue weighted by molar-refractivity contribution is 6.25. The molecule has 5 nitrogen and oxygen atoms in total. The first-order valence-electron chi connectivity index (χ1n) is 24.2. The fourth-order valence-electron chi connectivity index (χ4n) is 11.6. The fourth-order valence-corrected chi connectivity index (χ4v) is 11.6. The van der Waals surface area contributed by atoms with E-state index in [9.17, 15) is 0 Å². The predicted octanol–water partition coefficient (Wildman–Crippen LogP) is 16.5. The van der Waals surface area contributed by atoms with Crippen LogP contribution in [-0.4, -0.2) is 24.1 Å². The number of aromatic nitrogens is 5. The maximum atomic E-state index is 5.30. The van der Waals surface area contributed by atoms with Crippen LogP contribution < -0.4 is 0 Å². The molecule has 0 bridgehead atoms. The Balaban J connectivity index is 1.02. The van der Waals surface area contributed by atoms with E-state index in [4.69, 9.17) is 15.0 Å². The van der Waals surface area contributed by atoms with Crippen LogP contribution >= 0.6 is 0 Å². The summed E-state index contributed by atoms with van der Waals surface area (Å²) in [5.74, 6) is 2.41. The molecule has 0 spiro atoms. The average Bonchev–Trinajstić information content (AvgIpc) is 3.90. The molecule has 1 aliphatic carbocycles. The minimum atomic E-state index is 0.102. The van der Waals surface area contributed by atoms with Crippen molar-refractivity contribution in [2.45, 2.75) is 51.9 Å². The summed E-state index contributed by atoms with van der Waals surface area (Å²) in [7, 11) is 0. The lowest BCUT2D eigenvalue weighted by molar-refractivity contribution is 0.233. The van der Waals surface area contributed by atoms with Gasteiger partial charge in [0, 0.05) is 38.4 Å². The molecule has 5 heteroatoms. The quantitative estimate of drug-likeness (QED) is 0.167. The third kappa shape index (κ3) is 6.55. The van der Waals surface area contributed by atoms with Gasteiger partial charge in [0.1, 0.15) is 0 Å². The molecule has 332 valence electrons. The lowest BCUT2D eigenvalue weighted by atomic mass is 9.58. The smallest absolute Gasteiger partial charge is 0.238 e. The van der Waals surface area contributed by atoms with Gasteiger partial charge in [0.2, 0.25) is 5.95 Å². The SMILES string of the molecule is CC1CC(C)(C)c2ccc(-c3cccc(-c4cccc(-n5c6ccccc6c6cc7c8c9ccccc9ccc8n(-c8nc(-c9ccccc9)nc(-c9ccccc9)n8)c7cc65)c4)c3)cc2C1(C)C. The van der Waals surface area contributed by atoms with Crippen LogP contribution in [0.4, 0.5) is 0 Å². The number of nitrogens with zero attached hydrogens (tertiary/aromatic N) is 5. The van der Waals surface area contributed by atoms with Gasteiger partial charge in [-0.05, 0) is 110 Å². The van der Waals surface area contributed by atoms with Gasteiger partial charge < -0.3 is 4.57 Å². The molecule has 12 aromatic rings. The predicted molar refractivity (Wildman–Crippen MR) is 288 cm³/mol. The Bertz CT molecular complexity index is 3950. The van der Waals surface area contributed by atoms with Crippen molar-refractivity contribution in [2.75, 3.05) is 0 Å². The molecule has 3 aromatic heterocycles. The Kier molecular flexibility index (Phi) is 9.19. The summed E-state index contributed by atoms with van der Waals surface area (Å²) in [5.41, 5.74) is 15.4. The summed E-state index contributed by atoms with van der Waals surface area (Å²) in [4.78, 5) is 15.7. The Morgan fingerprint density at radius 2 is 1.00 bits per heavy atom. The first kappa shape index (κ1) is 41.1. The van der Waals surface area contributed by atoms with Gasteiger partial charge in [-0.1, -0.05) is 192 Å². The molecule has 0 aliphatic heterocycles. The highest BCUT2D eigenvalue weighted by Gasteiger charge is 2.42. The van der Waals surface area contributed by atoms with E-state index in [1.165, 1.54) is 66.7 Å². The van der Waals surface area contributed by atoms with E-state index in [1.54, 1.807) is 0 Å². The van der Waals surface area contributed by atoms with Gasteiger partial charge in [0.15, 0.2) is 11.6 Å². The van der Waals surface area contributed by atoms with Crippen LogP contribution in [0.5, 0.6) is 0 Å². The third-order valence-corrected chi connectivity index (χ3v) is 15.5. The second kappa shape index (κ2) is 15.4. The molecule has 0 radical (unpaired) electrons. The van der Waals surface area contributed by atoms with Crippen molar-refractivity contribution in [3.8, 4) is 56.7 Å². The second-order valence-electron chi connectivity index (χ2n) is 20.4. The molecule has 69 heavy (non-hydrogen) atoms. The summed E-state index contributed by atoms with van der Waals surface area (Å²) < 4.78 is 4.69. The van der Waals surface area contributed by atoms with E-state index in [-0.39, 0.29) is 10.8 Å². The second-order valence-corrected chi connectivity index (χ2v) is 20.4. The Labute approximate surface area is 402 Å². The van der Waals surface area contributed by atoms with Crippen molar-refractivity contribution < 1.29 is 0 Å².